The Bertz CT molecular complexity index is 921. The van der Waals surface area contributed by atoms with Gasteiger partial charge in [0.25, 0.3) is 11.6 Å². The lowest BCUT2D eigenvalue weighted by Crippen LogP contribution is -2.30. The van der Waals surface area contributed by atoms with Crippen molar-refractivity contribution in [1.29, 1.82) is 0 Å². The van der Waals surface area contributed by atoms with Gasteiger partial charge in [-0.25, -0.2) is 4.79 Å². The monoisotopic (exact) mass is 410 g/mol. The Morgan fingerprint density at radius 2 is 1.83 bits per heavy atom. The number of anilines is 1. The molecule has 0 heterocycles. The fourth-order valence-corrected chi connectivity index (χ4v) is 2.24. The maximum atomic E-state index is 12.4. The van der Waals surface area contributed by atoms with Crippen LogP contribution >= 0.6 is 0 Å². The summed E-state index contributed by atoms with van der Waals surface area (Å²) >= 11 is 0. The Morgan fingerprint density at radius 3 is 2.45 bits per heavy atom. The molecule has 1 atom stereocenters. The molecule has 154 valence electrons. The van der Waals surface area contributed by atoms with Crippen LogP contribution in [-0.4, -0.2) is 36.6 Å². The molecule has 0 aliphatic carbocycles. The first-order valence-corrected chi connectivity index (χ1v) is 8.11. The standard InChI is InChI=1S/C18H16F2N2O7/c1-10(16(23)21-12-5-3-4-6-13(12)22(25)26)28-17(24)11-7-8-14(29-18(19)20)15(9-11)27-2/h3-10,18H,1-2H3,(H,21,23)/t10-/m1/s1. The molecular formula is C18H16F2N2O7. The van der Waals surface area contributed by atoms with Gasteiger partial charge in [-0.2, -0.15) is 8.78 Å². The lowest BCUT2D eigenvalue weighted by Gasteiger charge is -2.15. The first-order valence-electron chi connectivity index (χ1n) is 8.11. The molecule has 29 heavy (non-hydrogen) atoms. The van der Waals surface area contributed by atoms with Gasteiger partial charge in [-0.15, -0.1) is 0 Å². The van der Waals surface area contributed by atoms with Gasteiger partial charge >= 0.3 is 12.6 Å². The number of rotatable bonds is 8. The van der Waals surface area contributed by atoms with E-state index in [9.17, 15) is 28.5 Å². The predicted molar refractivity (Wildman–Crippen MR) is 96.2 cm³/mol. The lowest BCUT2D eigenvalue weighted by molar-refractivity contribution is -0.383. The summed E-state index contributed by atoms with van der Waals surface area (Å²) < 4.78 is 38.9. The number of nitro groups is 1. The SMILES string of the molecule is COc1cc(C(=O)O[C@H](C)C(=O)Nc2ccccc2[N+](=O)[O-])ccc1OC(F)F. The van der Waals surface area contributed by atoms with E-state index >= 15 is 0 Å². The molecule has 1 N–H and O–H groups in total. The van der Waals surface area contributed by atoms with E-state index in [1.54, 1.807) is 0 Å². The molecule has 0 radical (unpaired) electrons. The summed E-state index contributed by atoms with van der Waals surface area (Å²) in [5, 5.41) is 13.3. The summed E-state index contributed by atoms with van der Waals surface area (Å²) in [7, 11) is 1.20. The second-order valence-corrected chi connectivity index (χ2v) is 5.56. The van der Waals surface area contributed by atoms with Crippen molar-refractivity contribution in [3.8, 4) is 11.5 Å². The Hall–Kier alpha value is -3.76. The van der Waals surface area contributed by atoms with Crippen molar-refractivity contribution in [3.63, 3.8) is 0 Å². The van der Waals surface area contributed by atoms with Crippen molar-refractivity contribution in [3.05, 3.63) is 58.1 Å². The van der Waals surface area contributed by atoms with Crippen LogP contribution in [0.4, 0.5) is 20.2 Å². The molecule has 2 aromatic rings. The number of nitrogens with one attached hydrogen (secondary N) is 1. The van der Waals surface area contributed by atoms with Gasteiger partial charge in [0.05, 0.1) is 17.6 Å². The van der Waals surface area contributed by atoms with E-state index in [0.717, 1.165) is 18.2 Å². The molecular weight excluding hydrogens is 394 g/mol. The van der Waals surface area contributed by atoms with E-state index in [2.05, 4.69) is 10.1 Å². The minimum Gasteiger partial charge on any atom is -0.493 e. The van der Waals surface area contributed by atoms with Crippen LogP contribution in [0.5, 0.6) is 11.5 Å². The number of hydrogen-bond donors (Lipinski definition) is 1. The number of halogens is 2. The third-order valence-corrected chi connectivity index (χ3v) is 3.63. The summed E-state index contributed by atoms with van der Waals surface area (Å²) in [6, 6.07) is 8.85. The first-order chi connectivity index (χ1) is 13.7. The molecule has 0 bridgehead atoms. The molecule has 0 saturated heterocycles. The van der Waals surface area contributed by atoms with Crippen LogP contribution in [0.15, 0.2) is 42.5 Å². The Labute approximate surface area is 163 Å². The second kappa shape index (κ2) is 9.44. The van der Waals surface area contributed by atoms with E-state index in [4.69, 9.17) is 9.47 Å². The van der Waals surface area contributed by atoms with Crippen LogP contribution in [0.2, 0.25) is 0 Å². The highest BCUT2D eigenvalue weighted by molar-refractivity contribution is 5.98. The molecule has 9 nitrogen and oxygen atoms in total. The van der Waals surface area contributed by atoms with Crippen molar-refractivity contribution in [2.45, 2.75) is 19.6 Å². The molecule has 0 aromatic heterocycles. The maximum absolute atomic E-state index is 12.4. The Morgan fingerprint density at radius 1 is 1.14 bits per heavy atom. The number of esters is 1. The normalized spacial score (nSPS) is 11.5. The summed E-state index contributed by atoms with van der Waals surface area (Å²) in [6.07, 6.45) is -1.30. The summed E-state index contributed by atoms with van der Waals surface area (Å²) in [6.45, 7) is -1.81. The van der Waals surface area contributed by atoms with Crippen LogP contribution in [0, 0.1) is 10.1 Å². The quantitative estimate of drug-likeness (QED) is 0.403. The Kier molecular flexibility index (Phi) is 7.01. The number of hydrogen-bond acceptors (Lipinski definition) is 7. The molecule has 0 aliphatic rings. The lowest BCUT2D eigenvalue weighted by atomic mass is 10.2. The van der Waals surface area contributed by atoms with Gasteiger partial charge in [0.1, 0.15) is 5.69 Å². The van der Waals surface area contributed by atoms with Crippen molar-refractivity contribution in [2.24, 2.45) is 0 Å². The summed E-state index contributed by atoms with van der Waals surface area (Å²) in [5.41, 5.74) is -0.451. The van der Waals surface area contributed by atoms with Gasteiger partial charge in [-0.1, -0.05) is 12.1 Å². The zero-order chi connectivity index (χ0) is 21.6. The van der Waals surface area contributed by atoms with Crippen LogP contribution in [0.1, 0.15) is 17.3 Å². The molecule has 11 heteroatoms. The van der Waals surface area contributed by atoms with E-state index in [-0.39, 0.29) is 28.4 Å². The fourth-order valence-electron chi connectivity index (χ4n) is 2.24. The van der Waals surface area contributed by atoms with E-state index in [0.29, 0.717) is 0 Å². The van der Waals surface area contributed by atoms with Gasteiger partial charge in [-0.05, 0) is 31.2 Å². The van der Waals surface area contributed by atoms with E-state index in [1.807, 2.05) is 0 Å². The molecule has 0 aliphatic heterocycles. The number of benzene rings is 2. The van der Waals surface area contributed by atoms with Crippen LogP contribution < -0.4 is 14.8 Å². The van der Waals surface area contributed by atoms with Crippen LogP contribution in [0.25, 0.3) is 0 Å². The summed E-state index contributed by atoms with van der Waals surface area (Å²) in [4.78, 5) is 34.8. The van der Waals surface area contributed by atoms with Gasteiger partial charge in [0, 0.05) is 6.07 Å². The number of para-hydroxylation sites is 2. The van der Waals surface area contributed by atoms with E-state index < -0.39 is 29.5 Å². The molecule has 0 fully saturated rings. The van der Waals surface area contributed by atoms with E-state index in [1.165, 1.54) is 38.3 Å². The number of carbonyl (C=O) groups excluding carboxylic acids is 2. The number of carbonyl (C=O) groups is 2. The minimum atomic E-state index is -3.08. The fraction of sp³-hybridized carbons (Fsp3) is 0.222. The highest BCUT2D eigenvalue weighted by Crippen LogP contribution is 2.30. The number of nitrogens with zero attached hydrogens (tertiary/aromatic N) is 1. The number of amides is 1. The topological polar surface area (TPSA) is 117 Å². The van der Waals surface area contributed by atoms with Gasteiger partial charge in [-0.3, -0.25) is 14.9 Å². The third-order valence-electron chi connectivity index (χ3n) is 3.63. The highest BCUT2D eigenvalue weighted by atomic mass is 19.3. The van der Waals surface area contributed by atoms with Crippen LogP contribution in [0.3, 0.4) is 0 Å². The Balaban J connectivity index is 2.08. The smallest absolute Gasteiger partial charge is 0.387 e. The largest absolute Gasteiger partial charge is 0.493 e. The highest BCUT2D eigenvalue weighted by Gasteiger charge is 2.23. The number of ether oxygens (including phenoxy) is 3. The zero-order valence-electron chi connectivity index (χ0n) is 15.3. The van der Waals surface area contributed by atoms with Crippen molar-refractivity contribution in [2.75, 3.05) is 12.4 Å². The first kappa shape index (κ1) is 21.5. The molecule has 2 aromatic carbocycles. The van der Waals surface area contributed by atoms with Crippen molar-refractivity contribution < 1.29 is 37.5 Å². The summed E-state index contributed by atoms with van der Waals surface area (Å²) in [5.74, 6) is -2.13. The molecule has 0 saturated carbocycles. The van der Waals surface area contributed by atoms with Gasteiger partial charge in [0.15, 0.2) is 17.6 Å². The molecule has 0 unspecified atom stereocenters. The predicted octanol–water partition coefficient (Wildman–Crippen LogP) is 3.39. The third kappa shape index (κ3) is 5.61. The zero-order valence-corrected chi connectivity index (χ0v) is 15.3. The van der Waals surface area contributed by atoms with Crippen molar-refractivity contribution in [1.82, 2.24) is 0 Å². The number of alkyl halides is 2. The molecule has 2 rings (SSSR count). The molecule has 1 amide bonds. The van der Waals surface area contributed by atoms with Crippen molar-refractivity contribution >= 4 is 23.3 Å². The van der Waals surface area contributed by atoms with Gasteiger partial charge in [0.2, 0.25) is 0 Å². The molecule has 0 spiro atoms. The maximum Gasteiger partial charge on any atom is 0.387 e. The average Bonchev–Trinajstić information content (AvgIpc) is 2.67. The minimum absolute atomic E-state index is 0.0550. The number of methoxy groups -OCH3 is 1. The van der Waals surface area contributed by atoms with Gasteiger partial charge < -0.3 is 19.5 Å². The second-order valence-electron chi connectivity index (χ2n) is 5.56. The van der Waals surface area contributed by atoms with Crippen LogP contribution in [-0.2, 0) is 9.53 Å². The average molecular weight is 410 g/mol. The number of nitro benzene ring substituents is 1.